The van der Waals surface area contributed by atoms with Crippen molar-refractivity contribution in [3.05, 3.63) is 60.7 Å². The van der Waals surface area contributed by atoms with Crippen LogP contribution in [0.2, 0.25) is 5.04 Å². The molecule has 2 fully saturated rings. The van der Waals surface area contributed by atoms with Crippen LogP contribution < -0.4 is 10.4 Å². The molecule has 2 aliphatic heterocycles. The highest BCUT2D eigenvalue weighted by molar-refractivity contribution is 6.99. The summed E-state index contributed by atoms with van der Waals surface area (Å²) in [7, 11) is -2.57. The van der Waals surface area contributed by atoms with Crippen LogP contribution in [-0.2, 0) is 23.4 Å². The van der Waals surface area contributed by atoms with Crippen molar-refractivity contribution >= 4 is 18.7 Å². The maximum atomic E-state index is 7.69. The minimum Gasteiger partial charge on any atom is -0.404 e. The van der Waals surface area contributed by atoms with Crippen LogP contribution in [0.15, 0.2) is 60.7 Å². The lowest BCUT2D eigenvalue weighted by Gasteiger charge is -2.45. The quantitative estimate of drug-likeness (QED) is 0.0809. The molecule has 0 aromatic heterocycles. The van der Waals surface area contributed by atoms with E-state index in [1.807, 2.05) is 0 Å². The summed E-state index contributed by atoms with van der Waals surface area (Å²) in [5.74, 6) is 0. The molecule has 2 saturated heterocycles. The topological polar surface area (TPSA) is 46.2 Å². The van der Waals surface area contributed by atoms with Gasteiger partial charge < -0.3 is 23.4 Å². The van der Waals surface area contributed by atoms with E-state index in [9.17, 15) is 0 Å². The first kappa shape index (κ1) is 40.2. The van der Waals surface area contributed by atoms with Crippen molar-refractivity contribution in [2.75, 3.05) is 26.4 Å². The number of hydrogen-bond donors (Lipinski definition) is 0. The zero-order chi connectivity index (χ0) is 34.5. The van der Waals surface area contributed by atoms with Gasteiger partial charge in [0.1, 0.15) is 0 Å². The molecule has 2 unspecified atom stereocenters. The van der Waals surface area contributed by atoms with E-state index in [-0.39, 0.29) is 23.7 Å². The van der Waals surface area contributed by atoms with E-state index >= 15 is 0 Å². The van der Waals surface area contributed by atoms with Crippen LogP contribution in [0.5, 0.6) is 0 Å². The average Bonchev–Trinajstić information content (AvgIpc) is 3.13. The molecular weight excluding hydrogens is 625 g/mol. The second-order valence-electron chi connectivity index (χ2n) is 15.6. The summed E-state index contributed by atoms with van der Waals surface area (Å²) in [4.78, 5) is 0. The van der Waals surface area contributed by atoms with E-state index in [2.05, 4.69) is 81.4 Å². The van der Waals surface area contributed by atoms with Gasteiger partial charge in [-0.25, -0.2) is 0 Å². The van der Waals surface area contributed by atoms with Gasteiger partial charge in [-0.1, -0.05) is 146 Å². The minimum absolute atomic E-state index is 0.00340. The SMILES string of the molecule is CC(C)(C)[Si](OC(CCCCCCCCOC1CCCCO1)CCCCCCCCOC1CCCCO1)(c1ccccc1)c1ccccc1. The summed E-state index contributed by atoms with van der Waals surface area (Å²) < 4.78 is 31.0. The first-order valence-corrected chi connectivity index (χ1v) is 22.1. The molecule has 2 atom stereocenters. The van der Waals surface area contributed by atoms with Crippen LogP contribution in [0, 0.1) is 0 Å². The molecule has 0 radical (unpaired) electrons. The van der Waals surface area contributed by atoms with Gasteiger partial charge in [0.15, 0.2) is 12.6 Å². The summed E-state index contributed by atoms with van der Waals surface area (Å²) in [6.07, 6.45) is 24.6. The van der Waals surface area contributed by atoms with E-state index in [1.165, 1.54) is 100 Å². The average molecular weight is 695 g/mol. The van der Waals surface area contributed by atoms with Gasteiger partial charge in [0, 0.05) is 32.5 Å². The van der Waals surface area contributed by atoms with Gasteiger partial charge in [-0.05, 0) is 79.6 Å². The Bertz CT molecular complexity index is 1000. The van der Waals surface area contributed by atoms with Gasteiger partial charge in [-0.15, -0.1) is 0 Å². The Balaban J connectivity index is 1.27. The molecule has 5 nitrogen and oxygen atoms in total. The molecule has 6 heteroatoms. The molecule has 2 aromatic carbocycles. The van der Waals surface area contributed by atoms with Crippen molar-refractivity contribution in [2.45, 2.75) is 173 Å². The van der Waals surface area contributed by atoms with Crippen LogP contribution >= 0.6 is 0 Å². The summed E-state index contributed by atoms with van der Waals surface area (Å²) in [5.41, 5.74) is 0. The fraction of sp³-hybridized carbons (Fsp3) is 0.721. The Morgan fingerprint density at radius 2 is 0.980 bits per heavy atom. The maximum Gasteiger partial charge on any atom is 0.261 e. The minimum atomic E-state index is -2.57. The second kappa shape index (κ2) is 23.1. The highest BCUT2D eigenvalue weighted by atomic mass is 28.4. The van der Waals surface area contributed by atoms with E-state index in [0.29, 0.717) is 0 Å². The molecule has 276 valence electrons. The molecule has 49 heavy (non-hydrogen) atoms. The van der Waals surface area contributed by atoms with Gasteiger partial charge in [0.2, 0.25) is 0 Å². The fourth-order valence-corrected chi connectivity index (χ4v) is 12.4. The first-order valence-electron chi connectivity index (χ1n) is 20.2. The lowest BCUT2D eigenvalue weighted by Crippen LogP contribution is -2.67. The number of hydrogen-bond acceptors (Lipinski definition) is 5. The van der Waals surface area contributed by atoms with Crippen molar-refractivity contribution in [1.29, 1.82) is 0 Å². The second-order valence-corrected chi connectivity index (χ2v) is 19.8. The van der Waals surface area contributed by atoms with Crippen LogP contribution in [-0.4, -0.2) is 53.4 Å². The molecule has 0 amide bonds. The Hall–Kier alpha value is -1.54. The number of ether oxygens (including phenoxy) is 4. The van der Waals surface area contributed by atoms with Crippen molar-refractivity contribution in [1.82, 2.24) is 0 Å². The Morgan fingerprint density at radius 1 is 0.571 bits per heavy atom. The largest absolute Gasteiger partial charge is 0.404 e. The first-order chi connectivity index (χ1) is 24.0. The van der Waals surface area contributed by atoms with Crippen molar-refractivity contribution in [3.63, 3.8) is 0 Å². The smallest absolute Gasteiger partial charge is 0.261 e. The van der Waals surface area contributed by atoms with Gasteiger partial charge in [-0.3, -0.25) is 0 Å². The van der Waals surface area contributed by atoms with E-state index in [4.69, 9.17) is 23.4 Å². The van der Waals surface area contributed by atoms with Crippen LogP contribution in [0.4, 0.5) is 0 Å². The molecule has 4 rings (SSSR count). The Labute approximate surface area is 301 Å². The highest BCUT2D eigenvalue weighted by Gasteiger charge is 2.51. The van der Waals surface area contributed by atoms with Crippen LogP contribution in [0.3, 0.4) is 0 Å². The van der Waals surface area contributed by atoms with E-state index in [1.54, 1.807) is 0 Å². The van der Waals surface area contributed by atoms with E-state index in [0.717, 1.165) is 65.0 Å². The third-order valence-corrected chi connectivity index (χ3v) is 15.6. The Morgan fingerprint density at radius 3 is 1.37 bits per heavy atom. The van der Waals surface area contributed by atoms with Crippen molar-refractivity contribution < 1.29 is 23.4 Å². The maximum absolute atomic E-state index is 7.69. The zero-order valence-corrected chi connectivity index (χ0v) is 32.5. The normalized spacial score (nSPS) is 19.6. The summed E-state index contributed by atoms with van der Waals surface area (Å²) in [6, 6.07) is 22.4. The molecule has 0 saturated carbocycles. The summed E-state index contributed by atoms with van der Waals surface area (Å²) >= 11 is 0. The molecular formula is C43H70O5Si. The van der Waals surface area contributed by atoms with Crippen LogP contribution in [0.25, 0.3) is 0 Å². The predicted octanol–water partition coefficient (Wildman–Crippen LogP) is 10.5. The molecule has 0 N–H and O–H groups in total. The standard InChI is InChI=1S/C43H70O5Si/c1-43(2,3)49(39-28-16-12-17-29-39,40-30-18-13-19-31-40)48-38(26-14-8-4-6-10-22-34-44-41-32-20-24-36-46-41)27-15-9-5-7-11-23-35-45-42-33-21-25-37-47-42/h12-13,16-19,28-31,38,41-42H,4-11,14-15,20-27,32-37H2,1-3H3. The number of rotatable bonds is 24. The monoisotopic (exact) mass is 694 g/mol. The lowest BCUT2D eigenvalue weighted by atomic mass is 10.0. The Kier molecular flexibility index (Phi) is 19.0. The molecule has 0 aliphatic carbocycles. The zero-order valence-electron chi connectivity index (χ0n) is 31.5. The molecule has 0 bridgehead atoms. The molecule has 2 aromatic rings. The summed E-state index contributed by atoms with van der Waals surface area (Å²) in [5, 5.41) is 2.78. The third-order valence-electron chi connectivity index (χ3n) is 10.5. The van der Waals surface area contributed by atoms with E-state index < -0.39 is 8.32 Å². The molecule has 0 spiro atoms. The highest BCUT2D eigenvalue weighted by Crippen LogP contribution is 2.38. The van der Waals surface area contributed by atoms with Gasteiger partial charge in [-0.2, -0.15) is 0 Å². The number of benzene rings is 2. The van der Waals surface area contributed by atoms with Gasteiger partial charge >= 0.3 is 0 Å². The van der Waals surface area contributed by atoms with Crippen molar-refractivity contribution in [2.24, 2.45) is 0 Å². The molecule has 2 heterocycles. The predicted molar refractivity (Wildman–Crippen MR) is 206 cm³/mol. The van der Waals surface area contributed by atoms with Crippen LogP contribution in [0.1, 0.15) is 149 Å². The van der Waals surface area contributed by atoms with Gasteiger partial charge in [0.25, 0.3) is 8.32 Å². The third kappa shape index (κ3) is 14.2. The lowest BCUT2D eigenvalue weighted by molar-refractivity contribution is -0.163. The molecule has 2 aliphatic rings. The summed E-state index contributed by atoms with van der Waals surface area (Å²) in [6.45, 7) is 10.6. The fourth-order valence-electron chi connectivity index (χ4n) is 7.68. The van der Waals surface area contributed by atoms with Gasteiger partial charge in [0.05, 0.1) is 0 Å². The number of unbranched alkanes of at least 4 members (excludes halogenated alkanes) is 10. The van der Waals surface area contributed by atoms with Crippen molar-refractivity contribution in [3.8, 4) is 0 Å².